The van der Waals surface area contributed by atoms with Crippen LogP contribution in [0, 0.1) is 0 Å². The summed E-state index contributed by atoms with van der Waals surface area (Å²) in [5, 5.41) is 19.6. The molecule has 1 aromatic heterocycles. The van der Waals surface area contributed by atoms with Crippen molar-refractivity contribution in [3.63, 3.8) is 0 Å². The molecule has 1 aliphatic rings. The van der Waals surface area contributed by atoms with Gasteiger partial charge in [-0.15, -0.1) is 0 Å². The van der Waals surface area contributed by atoms with Gasteiger partial charge >= 0.3 is 13.5 Å². The number of nitrogens with one attached hydrogen (secondary N) is 1. The van der Waals surface area contributed by atoms with E-state index in [0.717, 1.165) is 16.8 Å². The summed E-state index contributed by atoms with van der Waals surface area (Å²) in [7, 11) is -4.76. The summed E-state index contributed by atoms with van der Waals surface area (Å²) < 4.78 is 20.8. The maximum absolute atomic E-state index is 11.6. The third-order valence-electron chi connectivity index (χ3n) is 2.87. The number of H-pyrrole nitrogens is 1. The van der Waals surface area contributed by atoms with E-state index in [-0.39, 0.29) is 0 Å². The molecule has 1 aromatic rings. The van der Waals surface area contributed by atoms with E-state index < -0.39 is 50.2 Å². The number of aromatic nitrogens is 2. The van der Waals surface area contributed by atoms with Crippen molar-refractivity contribution in [1.29, 1.82) is 0 Å². The topological polar surface area (TPSA) is 171 Å². The lowest BCUT2D eigenvalue weighted by Crippen LogP contribution is -2.37. The predicted molar refractivity (Wildman–Crippen MR) is 65.2 cm³/mol. The summed E-state index contributed by atoms with van der Waals surface area (Å²) in [6.07, 6.45) is -4.58. The molecule has 0 saturated carbocycles. The van der Waals surface area contributed by atoms with Gasteiger partial charge in [0, 0.05) is 12.3 Å². The van der Waals surface area contributed by atoms with E-state index in [9.17, 15) is 24.4 Å². The van der Waals surface area contributed by atoms with Crippen LogP contribution in [0.2, 0.25) is 0 Å². The van der Waals surface area contributed by atoms with Gasteiger partial charge in [0.15, 0.2) is 6.23 Å². The molecule has 4 atom stereocenters. The molecule has 0 aromatic carbocycles. The molecule has 0 radical (unpaired) electrons. The molecule has 5 N–H and O–H groups in total. The highest BCUT2D eigenvalue weighted by atomic mass is 31.2. The van der Waals surface area contributed by atoms with Crippen molar-refractivity contribution in [2.75, 3.05) is 6.61 Å². The Morgan fingerprint density at radius 3 is 2.57 bits per heavy atom. The number of hydrogen-bond acceptors (Lipinski definition) is 7. The quantitative estimate of drug-likeness (QED) is 0.368. The molecule has 1 saturated heterocycles. The van der Waals surface area contributed by atoms with Gasteiger partial charge in [0.1, 0.15) is 18.3 Å². The number of phosphoric acid groups is 1. The van der Waals surface area contributed by atoms with Crippen LogP contribution in [0.1, 0.15) is 6.23 Å². The second kappa shape index (κ2) is 5.81. The Morgan fingerprint density at radius 1 is 1.33 bits per heavy atom. The molecule has 1 aliphatic heterocycles. The van der Waals surface area contributed by atoms with E-state index in [4.69, 9.17) is 14.5 Å². The van der Waals surface area contributed by atoms with Crippen molar-refractivity contribution in [1.82, 2.24) is 9.55 Å². The minimum Gasteiger partial charge on any atom is -0.387 e. The number of phosphoric ester groups is 1. The zero-order valence-electron chi connectivity index (χ0n) is 10.4. The van der Waals surface area contributed by atoms with E-state index >= 15 is 0 Å². The molecule has 11 nitrogen and oxygen atoms in total. The summed E-state index contributed by atoms with van der Waals surface area (Å²) in [6.45, 7) is -0.683. The number of ether oxygens (including phenoxy) is 1. The van der Waals surface area contributed by atoms with Crippen LogP contribution in [0.3, 0.4) is 0 Å². The minimum absolute atomic E-state index is 0.648. The fraction of sp³-hybridized carbons (Fsp3) is 0.556. The van der Waals surface area contributed by atoms with Crippen molar-refractivity contribution in [3.05, 3.63) is 33.1 Å². The molecule has 0 spiro atoms. The first-order valence-electron chi connectivity index (χ1n) is 5.72. The average Bonchev–Trinajstić information content (AvgIpc) is 2.64. The summed E-state index contributed by atoms with van der Waals surface area (Å²) in [5.74, 6) is 0. The molecular weight excluding hydrogens is 311 g/mol. The van der Waals surface area contributed by atoms with E-state index in [2.05, 4.69) is 4.52 Å². The summed E-state index contributed by atoms with van der Waals surface area (Å²) in [6, 6.07) is 1.02. The first-order chi connectivity index (χ1) is 9.69. The third kappa shape index (κ3) is 3.66. The number of hydrogen-bond donors (Lipinski definition) is 5. The zero-order valence-corrected chi connectivity index (χ0v) is 11.3. The highest BCUT2D eigenvalue weighted by Gasteiger charge is 2.44. The first kappa shape index (κ1) is 16.0. The van der Waals surface area contributed by atoms with E-state index in [1.807, 2.05) is 4.98 Å². The summed E-state index contributed by atoms with van der Waals surface area (Å²) in [4.78, 5) is 41.6. The van der Waals surface area contributed by atoms with Gasteiger partial charge in [0.05, 0.1) is 6.61 Å². The summed E-state index contributed by atoms with van der Waals surface area (Å²) >= 11 is 0. The Kier molecular flexibility index (Phi) is 4.44. The van der Waals surface area contributed by atoms with Crippen LogP contribution in [0.15, 0.2) is 21.9 Å². The Labute approximate surface area is 116 Å². The Morgan fingerprint density at radius 2 is 2.00 bits per heavy atom. The van der Waals surface area contributed by atoms with Gasteiger partial charge < -0.3 is 24.7 Å². The fourth-order valence-electron chi connectivity index (χ4n) is 1.89. The van der Waals surface area contributed by atoms with E-state index in [1.165, 1.54) is 0 Å². The van der Waals surface area contributed by atoms with Gasteiger partial charge in [-0.3, -0.25) is 18.9 Å². The van der Waals surface area contributed by atoms with Gasteiger partial charge in [0.25, 0.3) is 5.56 Å². The summed E-state index contributed by atoms with van der Waals surface area (Å²) in [5.41, 5.74) is -1.51. The van der Waals surface area contributed by atoms with Crippen molar-refractivity contribution in [3.8, 4) is 0 Å². The Bertz CT molecular complexity index is 664. The smallest absolute Gasteiger partial charge is 0.387 e. The maximum atomic E-state index is 11.6. The second-order valence-corrected chi connectivity index (χ2v) is 5.59. The molecule has 21 heavy (non-hydrogen) atoms. The lowest BCUT2D eigenvalue weighted by atomic mass is 10.1. The number of aliphatic hydroxyl groups excluding tert-OH is 2. The predicted octanol–water partition coefficient (Wildman–Crippen LogP) is -2.73. The fourth-order valence-corrected chi connectivity index (χ4v) is 2.24. The molecule has 0 aliphatic carbocycles. The van der Waals surface area contributed by atoms with Gasteiger partial charge in [-0.05, 0) is 0 Å². The number of aromatic amines is 1. The molecule has 2 rings (SSSR count). The second-order valence-electron chi connectivity index (χ2n) is 4.35. The molecule has 1 fully saturated rings. The van der Waals surface area contributed by atoms with Crippen LogP contribution in [-0.2, 0) is 13.8 Å². The van der Waals surface area contributed by atoms with Crippen LogP contribution in [0.4, 0.5) is 0 Å². The van der Waals surface area contributed by atoms with E-state index in [0.29, 0.717) is 0 Å². The van der Waals surface area contributed by atoms with Crippen LogP contribution < -0.4 is 11.2 Å². The number of rotatable bonds is 4. The highest BCUT2D eigenvalue weighted by Crippen LogP contribution is 2.38. The standard InChI is InChI=1S/C9H13N2O9P/c12-5-1-2-11(9(15)10-5)8-7(14)6(13)4(20-8)3-19-21(16,17)18/h1-2,4,6-8,13-14H,3H2,(H,10,12,15)(H2,16,17,18)/t4?,6?,7?,8-/m1/s1. The molecule has 12 heteroatoms. The first-order valence-corrected chi connectivity index (χ1v) is 7.25. The van der Waals surface area contributed by atoms with Gasteiger partial charge in [-0.25, -0.2) is 9.36 Å². The Balaban J connectivity index is 2.18. The van der Waals surface area contributed by atoms with Gasteiger partial charge in [-0.1, -0.05) is 0 Å². The normalized spacial score (nSPS) is 29.7. The SMILES string of the molecule is O=c1ccn([C@@H]2OC(COP(=O)(O)O)C(O)C2O)c(=O)[nH]1. The van der Waals surface area contributed by atoms with Gasteiger partial charge in [-0.2, -0.15) is 0 Å². The third-order valence-corrected chi connectivity index (χ3v) is 3.35. The maximum Gasteiger partial charge on any atom is 0.469 e. The van der Waals surface area contributed by atoms with Crippen LogP contribution in [0.5, 0.6) is 0 Å². The van der Waals surface area contributed by atoms with Crippen molar-refractivity contribution in [2.24, 2.45) is 0 Å². The van der Waals surface area contributed by atoms with Crippen molar-refractivity contribution >= 4 is 7.82 Å². The average molecular weight is 324 g/mol. The molecule has 0 amide bonds. The molecule has 2 heterocycles. The van der Waals surface area contributed by atoms with Crippen molar-refractivity contribution in [2.45, 2.75) is 24.5 Å². The molecule has 118 valence electrons. The Hall–Kier alpha value is -1.33. The largest absolute Gasteiger partial charge is 0.469 e. The van der Waals surface area contributed by atoms with E-state index in [1.54, 1.807) is 0 Å². The minimum atomic E-state index is -4.76. The molecule has 0 bridgehead atoms. The number of aliphatic hydroxyl groups is 2. The van der Waals surface area contributed by atoms with Crippen molar-refractivity contribution < 1.29 is 33.8 Å². The molecule has 3 unspecified atom stereocenters. The van der Waals surface area contributed by atoms with Gasteiger partial charge in [0.2, 0.25) is 0 Å². The zero-order chi connectivity index (χ0) is 15.8. The molecular formula is C9H13N2O9P. The van der Waals surface area contributed by atoms with Crippen LogP contribution in [-0.4, -0.2) is 54.5 Å². The monoisotopic (exact) mass is 324 g/mol. The lowest BCUT2D eigenvalue weighted by Gasteiger charge is -2.16. The van der Waals surface area contributed by atoms with Crippen LogP contribution in [0.25, 0.3) is 0 Å². The highest BCUT2D eigenvalue weighted by molar-refractivity contribution is 7.46. The number of nitrogens with zero attached hydrogens (tertiary/aromatic N) is 1. The van der Waals surface area contributed by atoms with Crippen LogP contribution >= 0.6 is 7.82 Å². The lowest BCUT2D eigenvalue weighted by molar-refractivity contribution is -0.0543.